The summed E-state index contributed by atoms with van der Waals surface area (Å²) in [4.78, 5) is 0.890. The van der Waals surface area contributed by atoms with Gasteiger partial charge >= 0.3 is 0 Å². The zero-order valence-corrected chi connectivity index (χ0v) is 12.7. The molecule has 0 bridgehead atoms. The van der Waals surface area contributed by atoms with E-state index in [2.05, 4.69) is 31.9 Å². The van der Waals surface area contributed by atoms with Gasteiger partial charge in [-0.25, -0.2) is 0 Å². The normalized spacial score (nSPS) is 12.8. The average Bonchev–Trinajstić information content (AvgIpc) is 2.59. The standard InChI is InChI=1S/C11H7Br2ClOS/c12-8-5-9(16-11(8)13)10(15)6-1-3-7(14)4-2-6/h1-5,10,15H. The molecule has 84 valence electrons. The summed E-state index contributed by atoms with van der Waals surface area (Å²) in [6.07, 6.45) is -0.607. The van der Waals surface area contributed by atoms with Gasteiger partial charge in [-0.15, -0.1) is 11.3 Å². The van der Waals surface area contributed by atoms with Crippen LogP contribution in [0.1, 0.15) is 16.5 Å². The van der Waals surface area contributed by atoms with Gasteiger partial charge in [0, 0.05) is 14.4 Å². The highest BCUT2D eigenvalue weighted by Crippen LogP contribution is 2.37. The molecule has 0 aliphatic rings. The van der Waals surface area contributed by atoms with E-state index in [0.29, 0.717) is 5.02 Å². The molecule has 16 heavy (non-hydrogen) atoms. The predicted molar refractivity (Wildman–Crippen MR) is 75.2 cm³/mol. The van der Waals surface area contributed by atoms with Crippen molar-refractivity contribution in [3.63, 3.8) is 0 Å². The molecule has 0 radical (unpaired) electrons. The first-order valence-electron chi connectivity index (χ1n) is 4.46. The highest BCUT2D eigenvalue weighted by Gasteiger charge is 2.14. The van der Waals surface area contributed by atoms with Gasteiger partial charge in [-0.05, 0) is 55.6 Å². The molecule has 1 N–H and O–H groups in total. The monoisotopic (exact) mass is 380 g/mol. The van der Waals surface area contributed by atoms with Gasteiger partial charge in [0.05, 0.1) is 3.79 Å². The maximum Gasteiger partial charge on any atom is 0.113 e. The van der Waals surface area contributed by atoms with Crippen LogP contribution in [0.5, 0.6) is 0 Å². The van der Waals surface area contributed by atoms with E-state index in [1.54, 1.807) is 12.1 Å². The first-order chi connectivity index (χ1) is 7.58. The average molecular weight is 383 g/mol. The van der Waals surface area contributed by atoms with Gasteiger partial charge in [0.15, 0.2) is 0 Å². The van der Waals surface area contributed by atoms with Crippen LogP contribution < -0.4 is 0 Å². The molecule has 1 heterocycles. The van der Waals surface area contributed by atoms with Crippen molar-refractivity contribution >= 4 is 54.8 Å². The molecule has 1 nitrogen and oxygen atoms in total. The lowest BCUT2D eigenvalue weighted by Crippen LogP contribution is -1.96. The molecule has 1 unspecified atom stereocenters. The highest BCUT2D eigenvalue weighted by atomic mass is 79.9. The number of halogens is 3. The Morgan fingerprint density at radius 1 is 1.19 bits per heavy atom. The maximum atomic E-state index is 10.1. The van der Waals surface area contributed by atoms with E-state index in [1.165, 1.54) is 11.3 Å². The summed E-state index contributed by atoms with van der Waals surface area (Å²) in [7, 11) is 0. The summed E-state index contributed by atoms with van der Waals surface area (Å²) in [5.74, 6) is 0. The molecular formula is C11H7Br2ClOS. The van der Waals surface area contributed by atoms with Crippen LogP contribution in [0.2, 0.25) is 5.02 Å². The number of hydrogen-bond donors (Lipinski definition) is 1. The molecule has 0 amide bonds. The quantitative estimate of drug-likeness (QED) is 0.774. The fourth-order valence-electron chi connectivity index (χ4n) is 1.31. The largest absolute Gasteiger partial charge is 0.383 e. The minimum absolute atomic E-state index is 0.607. The van der Waals surface area contributed by atoms with Crippen LogP contribution in [0.15, 0.2) is 38.6 Å². The molecule has 0 aliphatic heterocycles. The van der Waals surface area contributed by atoms with Crippen molar-refractivity contribution in [2.75, 3.05) is 0 Å². The molecule has 2 rings (SSSR count). The Kier molecular flexibility index (Phi) is 4.08. The Hall–Kier alpha value is 0.130. The van der Waals surface area contributed by atoms with E-state index >= 15 is 0 Å². The number of rotatable bonds is 2. The predicted octanol–water partition coefficient (Wildman–Crippen LogP) is 5.01. The second-order valence-corrected chi connectivity index (χ2v) is 6.92. The fraction of sp³-hybridized carbons (Fsp3) is 0.0909. The van der Waals surface area contributed by atoms with Crippen LogP contribution in [0.25, 0.3) is 0 Å². The maximum absolute atomic E-state index is 10.1. The van der Waals surface area contributed by atoms with Gasteiger partial charge in [-0.2, -0.15) is 0 Å². The lowest BCUT2D eigenvalue weighted by atomic mass is 10.1. The van der Waals surface area contributed by atoms with E-state index in [1.807, 2.05) is 18.2 Å². The van der Waals surface area contributed by atoms with Gasteiger partial charge < -0.3 is 5.11 Å². The first-order valence-corrected chi connectivity index (χ1v) is 7.24. The molecule has 0 aliphatic carbocycles. The topological polar surface area (TPSA) is 20.2 Å². The Bertz CT molecular complexity index is 476. The molecular weight excluding hydrogens is 375 g/mol. The number of benzene rings is 1. The molecule has 1 atom stereocenters. The molecule has 0 saturated heterocycles. The van der Waals surface area contributed by atoms with Crippen molar-refractivity contribution in [1.29, 1.82) is 0 Å². The summed E-state index contributed by atoms with van der Waals surface area (Å²) in [5.41, 5.74) is 0.839. The van der Waals surface area contributed by atoms with Crippen LogP contribution in [0, 0.1) is 0 Å². The summed E-state index contributed by atoms with van der Waals surface area (Å²) < 4.78 is 1.94. The molecule has 2 aromatic rings. The van der Waals surface area contributed by atoms with Crippen molar-refractivity contribution in [2.24, 2.45) is 0 Å². The van der Waals surface area contributed by atoms with E-state index < -0.39 is 6.10 Å². The Balaban J connectivity index is 2.31. The third-order valence-electron chi connectivity index (χ3n) is 2.12. The third-order valence-corrected chi connectivity index (χ3v) is 5.68. The van der Waals surface area contributed by atoms with Gasteiger partial charge in [0.25, 0.3) is 0 Å². The lowest BCUT2D eigenvalue weighted by Gasteiger charge is -2.08. The summed E-state index contributed by atoms with van der Waals surface area (Å²) in [6.45, 7) is 0. The molecule has 1 aromatic carbocycles. The minimum Gasteiger partial charge on any atom is -0.383 e. The Morgan fingerprint density at radius 3 is 2.31 bits per heavy atom. The Morgan fingerprint density at radius 2 is 1.81 bits per heavy atom. The number of hydrogen-bond acceptors (Lipinski definition) is 2. The SMILES string of the molecule is OC(c1ccc(Cl)cc1)c1cc(Br)c(Br)s1. The van der Waals surface area contributed by atoms with Crippen molar-refractivity contribution < 1.29 is 5.11 Å². The number of aliphatic hydroxyl groups is 1. The van der Waals surface area contributed by atoms with Gasteiger partial charge in [0.1, 0.15) is 6.10 Å². The van der Waals surface area contributed by atoms with Crippen molar-refractivity contribution in [1.82, 2.24) is 0 Å². The molecule has 0 saturated carbocycles. The third kappa shape index (κ3) is 2.68. The van der Waals surface area contributed by atoms with Gasteiger partial charge in [0.2, 0.25) is 0 Å². The second kappa shape index (κ2) is 5.19. The van der Waals surface area contributed by atoms with Crippen LogP contribution in [0.3, 0.4) is 0 Å². The highest BCUT2D eigenvalue weighted by molar-refractivity contribution is 9.13. The zero-order chi connectivity index (χ0) is 11.7. The smallest absolute Gasteiger partial charge is 0.113 e. The summed E-state index contributed by atoms with van der Waals surface area (Å²) in [6, 6.07) is 9.12. The number of thiophene rings is 1. The van der Waals surface area contributed by atoms with Crippen LogP contribution in [-0.4, -0.2) is 5.11 Å². The molecule has 0 spiro atoms. The second-order valence-electron chi connectivity index (χ2n) is 3.22. The minimum atomic E-state index is -0.607. The van der Waals surface area contributed by atoms with Crippen LogP contribution in [0.4, 0.5) is 0 Å². The van der Waals surface area contributed by atoms with E-state index in [0.717, 1.165) is 18.7 Å². The lowest BCUT2D eigenvalue weighted by molar-refractivity contribution is 0.224. The van der Waals surface area contributed by atoms with Crippen molar-refractivity contribution in [2.45, 2.75) is 6.10 Å². The summed E-state index contributed by atoms with van der Waals surface area (Å²) >= 11 is 14.1. The van der Waals surface area contributed by atoms with Gasteiger partial charge in [-0.1, -0.05) is 23.7 Å². The fourth-order valence-corrected chi connectivity index (χ4v) is 3.54. The van der Waals surface area contributed by atoms with Gasteiger partial charge in [-0.3, -0.25) is 0 Å². The number of aliphatic hydroxyl groups excluding tert-OH is 1. The van der Waals surface area contributed by atoms with Crippen molar-refractivity contribution in [3.8, 4) is 0 Å². The summed E-state index contributed by atoms with van der Waals surface area (Å²) in [5, 5.41) is 10.8. The molecule has 5 heteroatoms. The van der Waals surface area contributed by atoms with Crippen molar-refractivity contribution in [3.05, 3.63) is 54.1 Å². The van der Waals surface area contributed by atoms with E-state index in [9.17, 15) is 5.11 Å². The zero-order valence-electron chi connectivity index (χ0n) is 7.95. The molecule has 1 aromatic heterocycles. The Labute approximate surface area is 119 Å². The van der Waals surface area contributed by atoms with E-state index in [-0.39, 0.29) is 0 Å². The molecule has 0 fully saturated rings. The first kappa shape index (κ1) is 12.6. The van der Waals surface area contributed by atoms with Crippen LogP contribution >= 0.6 is 54.8 Å². The van der Waals surface area contributed by atoms with Crippen LogP contribution in [-0.2, 0) is 0 Å². The van der Waals surface area contributed by atoms with E-state index in [4.69, 9.17) is 11.6 Å².